The zero-order chi connectivity index (χ0) is 23.4. The van der Waals surface area contributed by atoms with Crippen LogP contribution in [0.2, 0.25) is 0 Å². The largest absolute Gasteiger partial charge is 0.494 e. The van der Waals surface area contributed by atoms with Gasteiger partial charge in [0.2, 0.25) is 5.95 Å². The van der Waals surface area contributed by atoms with Crippen LogP contribution in [0.25, 0.3) is 0 Å². The first-order valence-corrected chi connectivity index (χ1v) is 11.4. The van der Waals surface area contributed by atoms with E-state index in [2.05, 4.69) is 37.4 Å². The van der Waals surface area contributed by atoms with E-state index in [1.165, 1.54) is 0 Å². The maximum atomic E-state index is 13.6. The number of anilines is 4. The monoisotopic (exact) mass is 464 g/mol. The molecule has 4 rings (SSSR count). The first-order chi connectivity index (χ1) is 15.8. The van der Waals surface area contributed by atoms with Gasteiger partial charge in [-0.1, -0.05) is 19.3 Å². The van der Waals surface area contributed by atoms with E-state index in [-0.39, 0.29) is 17.8 Å². The van der Waals surface area contributed by atoms with Crippen LogP contribution in [0.3, 0.4) is 0 Å². The number of likely N-dealkylation sites (N-methyl/N-ethyl adjacent to an activating group) is 1. The number of benzene rings is 1. The molecule has 0 atom stereocenters. The molecule has 1 aromatic carbocycles. The molecule has 1 saturated carbocycles. The molecule has 0 spiro atoms. The number of hydrogen-bond acceptors (Lipinski definition) is 7. The van der Waals surface area contributed by atoms with Crippen molar-refractivity contribution < 1.29 is 17.9 Å². The van der Waals surface area contributed by atoms with Crippen molar-refractivity contribution in [3.8, 4) is 5.75 Å². The van der Waals surface area contributed by atoms with Gasteiger partial charge >= 0.3 is 6.18 Å². The van der Waals surface area contributed by atoms with Gasteiger partial charge in [-0.05, 0) is 32.0 Å². The molecule has 10 heteroatoms. The van der Waals surface area contributed by atoms with Gasteiger partial charge in [-0.2, -0.15) is 18.2 Å². The van der Waals surface area contributed by atoms with E-state index in [1.807, 2.05) is 18.2 Å². The Kier molecular flexibility index (Phi) is 7.11. The number of methoxy groups -OCH3 is 1. The van der Waals surface area contributed by atoms with E-state index < -0.39 is 11.7 Å². The summed E-state index contributed by atoms with van der Waals surface area (Å²) >= 11 is 0. The van der Waals surface area contributed by atoms with Gasteiger partial charge in [0, 0.05) is 50.2 Å². The molecule has 1 aliphatic carbocycles. The Labute approximate surface area is 192 Å². The maximum Gasteiger partial charge on any atom is 0.421 e. The molecule has 2 fully saturated rings. The van der Waals surface area contributed by atoms with Gasteiger partial charge in [0.1, 0.15) is 17.1 Å². The summed E-state index contributed by atoms with van der Waals surface area (Å²) in [5.74, 6) is 0.489. The molecule has 0 unspecified atom stereocenters. The lowest BCUT2D eigenvalue weighted by molar-refractivity contribution is -0.137. The second-order valence-electron chi connectivity index (χ2n) is 8.73. The van der Waals surface area contributed by atoms with E-state index in [4.69, 9.17) is 4.74 Å². The predicted octanol–water partition coefficient (Wildman–Crippen LogP) is 4.74. The van der Waals surface area contributed by atoms with E-state index in [0.717, 1.165) is 70.2 Å². The molecule has 0 bridgehead atoms. The lowest BCUT2D eigenvalue weighted by Gasteiger charge is -2.34. The fraction of sp³-hybridized carbons (Fsp3) is 0.565. The minimum Gasteiger partial charge on any atom is -0.494 e. The van der Waals surface area contributed by atoms with Gasteiger partial charge in [0.15, 0.2) is 0 Å². The summed E-state index contributed by atoms with van der Waals surface area (Å²) in [7, 11) is 3.67. The minimum absolute atomic E-state index is 0.0139. The molecule has 33 heavy (non-hydrogen) atoms. The lowest BCUT2D eigenvalue weighted by atomic mass is 9.95. The van der Waals surface area contributed by atoms with Crippen molar-refractivity contribution in [2.45, 2.75) is 44.3 Å². The Morgan fingerprint density at radius 2 is 1.79 bits per heavy atom. The quantitative estimate of drug-likeness (QED) is 0.640. The number of rotatable bonds is 6. The molecule has 2 aromatic rings. The van der Waals surface area contributed by atoms with Crippen molar-refractivity contribution in [2.75, 3.05) is 55.9 Å². The highest BCUT2D eigenvalue weighted by molar-refractivity contribution is 5.69. The summed E-state index contributed by atoms with van der Waals surface area (Å²) in [6.07, 6.45) is 1.11. The number of aromatic nitrogens is 2. The SMILES string of the molecule is COc1cc(N2CCN(C)CC2)ccc1Nc1ncc(C(F)(F)F)c(NC2CCCCC2)n1. The molecule has 7 nitrogen and oxygen atoms in total. The van der Waals surface area contributed by atoms with Crippen LogP contribution in [0.15, 0.2) is 24.4 Å². The highest BCUT2D eigenvalue weighted by Crippen LogP contribution is 2.36. The number of hydrogen-bond donors (Lipinski definition) is 2. The van der Waals surface area contributed by atoms with Gasteiger partial charge in [-0.15, -0.1) is 0 Å². The van der Waals surface area contributed by atoms with Crippen LogP contribution in [0.5, 0.6) is 5.75 Å². The van der Waals surface area contributed by atoms with Crippen molar-refractivity contribution in [1.82, 2.24) is 14.9 Å². The zero-order valence-electron chi connectivity index (χ0n) is 19.1. The van der Waals surface area contributed by atoms with Crippen molar-refractivity contribution in [2.24, 2.45) is 0 Å². The number of nitrogens with one attached hydrogen (secondary N) is 2. The summed E-state index contributed by atoms with van der Waals surface area (Å²) in [6, 6.07) is 5.74. The van der Waals surface area contributed by atoms with Crippen LogP contribution in [-0.2, 0) is 6.18 Å². The van der Waals surface area contributed by atoms with Crippen molar-refractivity contribution in [3.63, 3.8) is 0 Å². The topological polar surface area (TPSA) is 65.6 Å². The zero-order valence-corrected chi connectivity index (χ0v) is 19.1. The Morgan fingerprint density at radius 3 is 2.45 bits per heavy atom. The Bertz CT molecular complexity index is 940. The van der Waals surface area contributed by atoms with Gasteiger partial charge in [-0.25, -0.2) is 4.98 Å². The maximum absolute atomic E-state index is 13.6. The fourth-order valence-corrected chi connectivity index (χ4v) is 4.36. The van der Waals surface area contributed by atoms with Crippen LogP contribution >= 0.6 is 0 Å². The van der Waals surface area contributed by atoms with Crippen LogP contribution in [0.1, 0.15) is 37.7 Å². The molecule has 1 aromatic heterocycles. The standard InChI is InChI=1S/C23H31F3N6O/c1-31-10-12-32(13-11-31)17-8-9-19(20(14-17)33-2)29-22-27-15-18(23(24,25)26)21(30-22)28-16-6-4-3-5-7-16/h8-9,14-16H,3-7,10-13H2,1-2H3,(H2,27,28,29,30). The molecule has 0 radical (unpaired) electrons. The normalized spacial score (nSPS) is 18.3. The van der Waals surface area contributed by atoms with Crippen molar-refractivity contribution in [1.29, 1.82) is 0 Å². The molecular formula is C23H31F3N6O. The smallest absolute Gasteiger partial charge is 0.421 e. The number of alkyl halides is 3. The number of nitrogens with zero attached hydrogens (tertiary/aromatic N) is 4. The Morgan fingerprint density at radius 1 is 1.06 bits per heavy atom. The first-order valence-electron chi connectivity index (χ1n) is 11.4. The van der Waals surface area contributed by atoms with Crippen LogP contribution < -0.4 is 20.3 Å². The molecule has 2 heterocycles. The van der Waals surface area contributed by atoms with Crippen LogP contribution in [-0.4, -0.2) is 61.2 Å². The van der Waals surface area contributed by atoms with Gasteiger partial charge in [0.25, 0.3) is 0 Å². The van der Waals surface area contributed by atoms with Crippen molar-refractivity contribution >= 4 is 23.1 Å². The third kappa shape index (κ3) is 5.79. The fourth-order valence-electron chi connectivity index (χ4n) is 4.36. The first kappa shape index (κ1) is 23.4. The molecule has 1 saturated heterocycles. The number of ether oxygens (including phenoxy) is 1. The number of piperazine rings is 1. The molecule has 180 valence electrons. The average molecular weight is 465 g/mol. The lowest BCUT2D eigenvalue weighted by Crippen LogP contribution is -2.44. The Hall–Kier alpha value is -2.75. The average Bonchev–Trinajstić information content (AvgIpc) is 2.80. The molecular weight excluding hydrogens is 433 g/mol. The highest BCUT2D eigenvalue weighted by Gasteiger charge is 2.36. The highest BCUT2D eigenvalue weighted by atomic mass is 19.4. The molecule has 2 N–H and O–H groups in total. The second-order valence-corrected chi connectivity index (χ2v) is 8.73. The van der Waals surface area contributed by atoms with Gasteiger partial charge < -0.3 is 25.2 Å². The molecule has 2 aliphatic rings. The van der Waals surface area contributed by atoms with E-state index >= 15 is 0 Å². The summed E-state index contributed by atoms with van der Waals surface area (Å²) in [6.45, 7) is 3.81. The van der Waals surface area contributed by atoms with E-state index in [1.54, 1.807) is 7.11 Å². The van der Waals surface area contributed by atoms with Crippen molar-refractivity contribution in [3.05, 3.63) is 30.0 Å². The second kappa shape index (κ2) is 10.0. The number of halogens is 3. The predicted molar refractivity (Wildman–Crippen MR) is 124 cm³/mol. The third-order valence-corrected chi connectivity index (χ3v) is 6.34. The summed E-state index contributed by atoms with van der Waals surface area (Å²) in [5.41, 5.74) is 0.785. The van der Waals surface area contributed by atoms with E-state index in [9.17, 15) is 13.2 Å². The summed E-state index contributed by atoms with van der Waals surface area (Å²) < 4.78 is 46.2. The van der Waals surface area contributed by atoms with E-state index in [0.29, 0.717) is 11.4 Å². The molecule has 0 amide bonds. The van der Waals surface area contributed by atoms with Gasteiger partial charge in [-0.3, -0.25) is 0 Å². The molecule has 1 aliphatic heterocycles. The summed E-state index contributed by atoms with van der Waals surface area (Å²) in [5, 5.41) is 6.05. The minimum atomic E-state index is -4.53. The third-order valence-electron chi connectivity index (χ3n) is 6.34. The Balaban J connectivity index is 1.55. The van der Waals surface area contributed by atoms with Crippen LogP contribution in [0.4, 0.5) is 36.3 Å². The van der Waals surface area contributed by atoms with Gasteiger partial charge in [0.05, 0.1) is 12.8 Å². The van der Waals surface area contributed by atoms with Crippen LogP contribution in [0, 0.1) is 0 Å². The summed E-state index contributed by atoms with van der Waals surface area (Å²) in [4.78, 5) is 12.7.